The van der Waals surface area contributed by atoms with E-state index in [9.17, 15) is 4.79 Å². The predicted molar refractivity (Wildman–Crippen MR) is 70.2 cm³/mol. The highest BCUT2D eigenvalue weighted by atomic mass is 32.1. The summed E-state index contributed by atoms with van der Waals surface area (Å²) in [6, 6.07) is 9.32. The molecule has 1 atom stereocenters. The van der Waals surface area contributed by atoms with E-state index in [1.54, 1.807) is 0 Å². The van der Waals surface area contributed by atoms with Gasteiger partial charge in [0.05, 0.1) is 0 Å². The highest BCUT2D eigenvalue weighted by molar-refractivity contribution is 7.59. The molecule has 0 fully saturated rings. The highest BCUT2D eigenvalue weighted by Gasteiger charge is 2.17. The molecule has 0 amide bonds. The Kier molecular flexibility index (Phi) is 6.85. The zero-order valence-corrected chi connectivity index (χ0v) is 10.6. The van der Waals surface area contributed by atoms with Gasteiger partial charge in [0.25, 0.3) is 0 Å². The Balaban J connectivity index is 0.00000225. The maximum atomic E-state index is 11.0. The molecule has 0 bridgehead atoms. The second-order valence-electron chi connectivity index (χ2n) is 3.90. The predicted octanol–water partition coefficient (Wildman–Crippen LogP) is 1.79. The van der Waals surface area contributed by atoms with Crippen molar-refractivity contribution in [2.45, 2.75) is 32.4 Å². The van der Waals surface area contributed by atoms with Crippen LogP contribution in [-0.4, -0.2) is 23.2 Å². The van der Waals surface area contributed by atoms with E-state index in [1.165, 1.54) is 0 Å². The van der Waals surface area contributed by atoms with Gasteiger partial charge in [0, 0.05) is 6.04 Å². The quantitative estimate of drug-likeness (QED) is 0.826. The molecule has 0 aliphatic heterocycles. The molecule has 90 valence electrons. The lowest BCUT2D eigenvalue weighted by Gasteiger charge is -2.17. The molecular formula is C12H19NO2S. The van der Waals surface area contributed by atoms with Crippen LogP contribution in [0.4, 0.5) is 0 Å². The monoisotopic (exact) mass is 241 g/mol. The minimum absolute atomic E-state index is 0. The van der Waals surface area contributed by atoms with E-state index in [0.29, 0.717) is 6.42 Å². The summed E-state index contributed by atoms with van der Waals surface area (Å²) in [6.45, 7) is 3.89. The van der Waals surface area contributed by atoms with Crippen LogP contribution in [0, 0.1) is 0 Å². The van der Waals surface area contributed by atoms with Gasteiger partial charge in [0.2, 0.25) is 0 Å². The maximum absolute atomic E-state index is 11.0. The number of aliphatic carboxylic acids is 1. The van der Waals surface area contributed by atoms with Crippen molar-refractivity contribution in [2.75, 3.05) is 0 Å². The van der Waals surface area contributed by atoms with Gasteiger partial charge in [-0.15, -0.1) is 0 Å². The molecule has 1 rings (SSSR count). The molecule has 0 aromatic heterocycles. The van der Waals surface area contributed by atoms with Crippen molar-refractivity contribution in [3.8, 4) is 0 Å². The lowest BCUT2D eigenvalue weighted by Crippen LogP contribution is -2.42. The van der Waals surface area contributed by atoms with Crippen molar-refractivity contribution >= 4 is 19.5 Å². The third-order valence-electron chi connectivity index (χ3n) is 2.12. The second-order valence-corrected chi connectivity index (χ2v) is 3.90. The van der Waals surface area contributed by atoms with Crippen LogP contribution >= 0.6 is 13.5 Å². The number of carbonyl (C=O) groups is 1. The minimum atomic E-state index is -0.799. The Morgan fingerprint density at radius 3 is 2.31 bits per heavy atom. The number of hydrogen-bond donors (Lipinski definition) is 2. The van der Waals surface area contributed by atoms with Crippen LogP contribution in [0.2, 0.25) is 0 Å². The first-order valence-electron chi connectivity index (χ1n) is 5.12. The van der Waals surface area contributed by atoms with Crippen LogP contribution in [0.3, 0.4) is 0 Å². The normalized spacial score (nSPS) is 11.9. The van der Waals surface area contributed by atoms with Gasteiger partial charge < -0.3 is 10.4 Å². The lowest BCUT2D eigenvalue weighted by atomic mass is 10.1. The number of nitrogens with one attached hydrogen (secondary N) is 1. The largest absolute Gasteiger partial charge is 0.480 e. The Labute approximate surface area is 103 Å². The topological polar surface area (TPSA) is 49.3 Å². The zero-order valence-electron chi connectivity index (χ0n) is 9.60. The molecule has 1 aromatic rings. The smallest absolute Gasteiger partial charge is 0.321 e. The third-order valence-corrected chi connectivity index (χ3v) is 2.12. The Hall–Kier alpha value is -1.00. The van der Waals surface area contributed by atoms with Gasteiger partial charge in [-0.25, -0.2) is 0 Å². The average molecular weight is 241 g/mol. The standard InChI is InChI=1S/C12H17NO2.H2S/c1-9(2)13-11(12(14)15)8-10-6-4-3-5-7-10;/h3-7,9,11,13H,8H2,1-2H3,(H,14,15);1H2/t11-;/m0./s1. The molecule has 0 aliphatic rings. The summed E-state index contributed by atoms with van der Waals surface area (Å²) in [4.78, 5) is 11.0. The van der Waals surface area contributed by atoms with E-state index in [0.717, 1.165) is 5.56 Å². The first kappa shape index (κ1) is 15.0. The number of hydrogen-bond acceptors (Lipinski definition) is 2. The van der Waals surface area contributed by atoms with E-state index >= 15 is 0 Å². The van der Waals surface area contributed by atoms with E-state index in [2.05, 4.69) is 5.32 Å². The number of carboxylic acids is 1. The Bertz CT molecular complexity index is 314. The summed E-state index contributed by atoms with van der Waals surface area (Å²) in [6.07, 6.45) is 0.522. The third kappa shape index (κ3) is 5.19. The molecule has 16 heavy (non-hydrogen) atoms. The minimum Gasteiger partial charge on any atom is -0.480 e. The molecular weight excluding hydrogens is 222 g/mol. The van der Waals surface area contributed by atoms with Crippen LogP contribution in [0.1, 0.15) is 19.4 Å². The first-order chi connectivity index (χ1) is 7.09. The summed E-state index contributed by atoms with van der Waals surface area (Å²) in [5.74, 6) is -0.799. The van der Waals surface area contributed by atoms with Gasteiger partial charge >= 0.3 is 5.97 Å². The molecule has 2 N–H and O–H groups in total. The summed E-state index contributed by atoms with van der Waals surface area (Å²) in [5, 5.41) is 12.0. The zero-order chi connectivity index (χ0) is 11.3. The molecule has 0 heterocycles. The van der Waals surface area contributed by atoms with Crippen LogP contribution < -0.4 is 5.32 Å². The summed E-state index contributed by atoms with van der Waals surface area (Å²) in [5.41, 5.74) is 1.04. The van der Waals surface area contributed by atoms with Gasteiger partial charge in [0.1, 0.15) is 6.04 Å². The van der Waals surface area contributed by atoms with Gasteiger partial charge in [-0.2, -0.15) is 13.5 Å². The van der Waals surface area contributed by atoms with E-state index < -0.39 is 12.0 Å². The number of rotatable bonds is 5. The van der Waals surface area contributed by atoms with Crippen molar-refractivity contribution < 1.29 is 9.90 Å². The Morgan fingerprint density at radius 1 is 1.31 bits per heavy atom. The van der Waals surface area contributed by atoms with Crippen molar-refractivity contribution in [2.24, 2.45) is 0 Å². The number of benzene rings is 1. The average Bonchev–Trinajstić information content (AvgIpc) is 2.17. The molecule has 0 saturated heterocycles. The molecule has 1 aromatic carbocycles. The Morgan fingerprint density at radius 2 is 1.88 bits per heavy atom. The fourth-order valence-corrected chi connectivity index (χ4v) is 1.47. The molecule has 4 heteroatoms. The fraction of sp³-hybridized carbons (Fsp3) is 0.417. The van der Waals surface area contributed by atoms with Gasteiger partial charge in [-0.05, 0) is 12.0 Å². The van der Waals surface area contributed by atoms with Gasteiger partial charge in [-0.1, -0.05) is 44.2 Å². The summed E-state index contributed by atoms with van der Waals surface area (Å²) >= 11 is 0. The van der Waals surface area contributed by atoms with E-state index in [1.807, 2.05) is 44.2 Å². The molecule has 3 nitrogen and oxygen atoms in total. The second kappa shape index (κ2) is 7.30. The first-order valence-corrected chi connectivity index (χ1v) is 5.12. The molecule has 0 saturated carbocycles. The molecule has 0 radical (unpaired) electrons. The van der Waals surface area contributed by atoms with E-state index in [4.69, 9.17) is 5.11 Å². The fourth-order valence-electron chi connectivity index (χ4n) is 1.47. The molecule has 0 unspecified atom stereocenters. The van der Waals surface area contributed by atoms with Crippen molar-refractivity contribution in [3.05, 3.63) is 35.9 Å². The van der Waals surface area contributed by atoms with E-state index in [-0.39, 0.29) is 19.5 Å². The van der Waals surface area contributed by atoms with Crippen LogP contribution in [-0.2, 0) is 11.2 Å². The summed E-state index contributed by atoms with van der Waals surface area (Å²) < 4.78 is 0. The van der Waals surface area contributed by atoms with Crippen molar-refractivity contribution in [1.29, 1.82) is 0 Å². The van der Waals surface area contributed by atoms with Crippen LogP contribution in [0.5, 0.6) is 0 Å². The molecule has 0 aliphatic carbocycles. The molecule has 0 spiro atoms. The van der Waals surface area contributed by atoms with Gasteiger partial charge in [-0.3, -0.25) is 4.79 Å². The van der Waals surface area contributed by atoms with Crippen molar-refractivity contribution in [1.82, 2.24) is 5.32 Å². The van der Waals surface area contributed by atoms with Crippen LogP contribution in [0.25, 0.3) is 0 Å². The highest BCUT2D eigenvalue weighted by Crippen LogP contribution is 2.04. The number of carboxylic acid groups (broad SMARTS) is 1. The summed E-state index contributed by atoms with van der Waals surface area (Å²) in [7, 11) is 0. The lowest BCUT2D eigenvalue weighted by molar-refractivity contribution is -0.139. The van der Waals surface area contributed by atoms with Crippen molar-refractivity contribution in [3.63, 3.8) is 0 Å². The van der Waals surface area contributed by atoms with Crippen LogP contribution in [0.15, 0.2) is 30.3 Å². The SMILES string of the molecule is CC(C)N[C@@H](Cc1ccccc1)C(=O)O.S. The van der Waals surface area contributed by atoms with Gasteiger partial charge in [0.15, 0.2) is 0 Å². The maximum Gasteiger partial charge on any atom is 0.321 e.